The van der Waals surface area contributed by atoms with E-state index >= 15 is 0 Å². The standard InChI is InChI=1S/C12H12N6O2/c1-2-17-7-8(6-14-17)9-3-4-13-12-15-10(5-11(19)20)16-18(9)12/h3-4,6-7H,2,5H2,1H3,(H,19,20). The third kappa shape index (κ3) is 2.11. The summed E-state index contributed by atoms with van der Waals surface area (Å²) in [6, 6.07) is 1.79. The Kier molecular flexibility index (Phi) is 2.90. The fourth-order valence-electron chi connectivity index (χ4n) is 1.93. The van der Waals surface area contributed by atoms with Gasteiger partial charge in [0.05, 0.1) is 11.9 Å². The van der Waals surface area contributed by atoms with Crippen molar-refractivity contribution >= 4 is 11.7 Å². The number of carboxylic acids is 1. The quantitative estimate of drug-likeness (QED) is 0.748. The summed E-state index contributed by atoms with van der Waals surface area (Å²) in [7, 11) is 0. The van der Waals surface area contributed by atoms with Crippen LogP contribution in [0.3, 0.4) is 0 Å². The molecule has 0 aliphatic heterocycles. The van der Waals surface area contributed by atoms with Gasteiger partial charge in [0.15, 0.2) is 5.82 Å². The monoisotopic (exact) mass is 272 g/mol. The Hall–Kier alpha value is -2.77. The first kappa shape index (κ1) is 12.3. The number of nitrogens with zero attached hydrogens (tertiary/aromatic N) is 6. The van der Waals surface area contributed by atoms with E-state index < -0.39 is 5.97 Å². The Balaban J connectivity index is 2.10. The van der Waals surface area contributed by atoms with Crippen molar-refractivity contribution < 1.29 is 9.90 Å². The molecule has 0 bridgehead atoms. The largest absolute Gasteiger partial charge is 0.481 e. The molecule has 0 unspecified atom stereocenters. The molecule has 3 rings (SSSR count). The smallest absolute Gasteiger partial charge is 0.311 e. The summed E-state index contributed by atoms with van der Waals surface area (Å²) in [5, 5.41) is 17.2. The van der Waals surface area contributed by atoms with Crippen LogP contribution in [0.5, 0.6) is 0 Å². The molecule has 0 fully saturated rings. The molecule has 1 N–H and O–H groups in total. The minimum atomic E-state index is -0.971. The van der Waals surface area contributed by atoms with E-state index in [4.69, 9.17) is 5.11 Å². The van der Waals surface area contributed by atoms with Gasteiger partial charge in [0.2, 0.25) is 0 Å². The van der Waals surface area contributed by atoms with Crippen molar-refractivity contribution in [1.82, 2.24) is 29.4 Å². The predicted octanol–water partition coefficient (Wildman–Crippen LogP) is 0.635. The lowest BCUT2D eigenvalue weighted by molar-refractivity contribution is -0.136. The van der Waals surface area contributed by atoms with E-state index in [0.717, 1.165) is 17.8 Å². The second-order valence-corrected chi connectivity index (χ2v) is 4.23. The second-order valence-electron chi connectivity index (χ2n) is 4.23. The van der Waals surface area contributed by atoms with Crippen LogP contribution in [-0.2, 0) is 17.8 Å². The number of carbonyl (C=O) groups is 1. The summed E-state index contributed by atoms with van der Waals surface area (Å²) in [5.74, 6) is -0.357. The topological polar surface area (TPSA) is 98.2 Å². The van der Waals surface area contributed by atoms with Crippen LogP contribution in [0, 0.1) is 0 Å². The molecule has 8 nitrogen and oxygen atoms in total. The summed E-state index contributed by atoms with van der Waals surface area (Å²) < 4.78 is 3.34. The molecule has 0 aliphatic rings. The van der Waals surface area contributed by atoms with Gasteiger partial charge in [-0.25, -0.2) is 4.98 Å². The molecular formula is C12H12N6O2. The van der Waals surface area contributed by atoms with Crippen molar-refractivity contribution in [3.8, 4) is 11.3 Å². The first-order valence-corrected chi connectivity index (χ1v) is 6.12. The van der Waals surface area contributed by atoms with Gasteiger partial charge in [-0.15, -0.1) is 5.10 Å². The van der Waals surface area contributed by atoms with Crippen molar-refractivity contribution in [3.63, 3.8) is 0 Å². The van der Waals surface area contributed by atoms with Crippen LogP contribution in [-0.4, -0.2) is 40.4 Å². The van der Waals surface area contributed by atoms with E-state index in [-0.39, 0.29) is 12.2 Å². The summed E-state index contributed by atoms with van der Waals surface area (Å²) >= 11 is 0. The SMILES string of the molecule is CCn1cc(-c2ccnc3nc(CC(=O)O)nn23)cn1. The Labute approximate surface area is 113 Å². The van der Waals surface area contributed by atoms with Crippen LogP contribution in [0.25, 0.3) is 17.0 Å². The highest BCUT2D eigenvalue weighted by molar-refractivity contribution is 5.69. The zero-order valence-corrected chi connectivity index (χ0v) is 10.8. The van der Waals surface area contributed by atoms with Gasteiger partial charge in [-0.3, -0.25) is 9.48 Å². The van der Waals surface area contributed by atoms with Gasteiger partial charge in [-0.1, -0.05) is 0 Å². The Morgan fingerprint density at radius 1 is 1.45 bits per heavy atom. The number of hydrogen-bond donors (Lipinski definition) is 1. The van der Waals surface area contributed by atoms with Crippen molar-refractivity contribution in [2.24, 2.45) is 0 Å². The maximum Gasteiger partial charge on any atom is 0.311 e. The van der Waals surface area contributed by atoms with E-state index in [0.29, 0.717) is 5.78 Å². The lowest BCUT2D eigenvalue weighted by Gasteiger charge is -1.99. The third-order valence-electron chi connectivity index (χ3n) is 2.85. The van der Waals surface area contributed by atoms with Crippen LogP contribution < -0.4 is 0 Å². The number of rotatable bonds is 4. The highest BCUT2D eigenvalue weighted by atomic mass is 16.4. The number of aliphatic carboxylic acids is 1. The molecule has 0 spiro atoms. The van der Waals surface area contributed by atoms with E-state index in [1.54, 1.807) is 23.1 Å². The molecule has 102 valence electrons. The highest BCUT2D eigenvalue weighted by Crippen LogP contribution is 2.18. The first-order valence-electron chi connectivity index (χ1n) is 6.12. The molecule has 3 heterocycles. The molecule has 0 saturated carbocycles. The minimum absolute atomic E-state index is 0.225. The molecule has 0 saturated heterocycles. The van der Waals surface area contributed by atoms with E-state index in [2.05, 4.69) is 20.2 Å². The number of hydrogen-bond acceptors (Lipinski definition) is 5. The highest BCUT2D eigenvalue weighted by Gasteiger charge is 2.13. The molecule has 8 heteroatoms. The summed E-state index contributed by atoms with van der Waals surface area (Å²) in [6.45, 7) is 2.77. The van der Waals surface area contributed by atoms with Gasteiger partial charge in [0, 0.05) is 24.5 Å². The average Bonchev–Trinajstić information content (AvgIpc) is 3.02. The van der Waals surface area contributed by atoms with Crippen LogP contribution in [0.4, 0.5) is 0 Å². The molecule has 0 aromatic carbocycles. The lowest BCUT2D eigenvalue weighted by atomic mass is 10.2. The van der Waals surface area contributed by atoms with Crippen LogP contribution in [0.15, 0.2) is 24.7 Å². The molecule has 3 aromatic rings. The van der Waals surface area contributed by atoms with Crippen molar-refractivity contribution in [3.05, 3.63) is 30.5 Å². The number of aryl methyl sites for hydroxylation is 1. The van der Waals surface area contributed by atoms with E-state index in [1.807, 2.05) is 13.1 Å². The zero-order valence-electron chi connectivity index (χ0n) is 10.8. The summed E-state index contributed by atoms with van der Waals surface area (Å²) in [4.78, 5) is 18.9. The Morgan fingerprint density at radius 2 is 2.30 bits per heavy atom. The number of carboxylic acid groups (broad SMARTS) is 1. The molecule has 0 atom stereocenters. The summed E-state index contributed by atoms with van der Waals surface area (Å²) in [5.41, 5.74) is 1.66. The second kappa shape index (κ2) is 4.72. The van der Waals surface area contributed by atoms with Gasteiger partial charge in [-0.05, 0) is 13.0 Å². The minimum Gasteiger partial charge on any atom is -0.481 e. The van der Waals surface area contributed by atoms with Gasteiger partial charge in [0.25, 0.3) is 5.78 Å². The first-order chi connectivity index (χ1) is 9.67. The fourth-order valence-corrected chi connectivity index (χ4v) is 1.93. The maximum absolute atomic E-state index is 10.7. The van der Waals surface area contributed by atoms with Crippen molar-refractivity contribution in [2.45, 2.75) is 19.9 Å². The van der Waals surface area contributed by atoms with Crippen LogP contribution >= 0.6 is 0 Å². The number of fused-ring (bicyclic) bond motifs is 1. The zero-order chi connectivity index (χ0) is 14.1. The van der Waals surface area contributed by atoms with Crippen LogP contribution in [0.2, 0.25) is 0 Å². The predicted molar refractivity (Wildman–Crippen MR) is 69.0 cm³/mol. The van der Waals surface area contributed by atoms with Gasteiger partial charge in [0.1, 0.15) is 6.42 Å². The molecule has 0 amide bonds. The van der Waals surface area contributed by atoms with E-state index in [9.17, 15) is 4.79 Å². The molecule has 3 aromatic heterocycles. The van der Waals surface area contributed by atoms with Crippen LogP contribution in [0.1, 0.15) is 12.7 Å². The number of aromatic nitrogens is 6. The summed E-state index contributed by atoms with van der Waals surface area (Å²) in [6.07, 6.45) is 5.02. The van der Waals surface area contributed by atoms with Crippen molar-refractivity contribution in [2.75, 3.05) is 0 Å². The molecular weight excluding hydrogens is 260 g/mol. The maximum atomic E-state index is 10.7. The third-order valence-corrected chi connectivity index (χ3v) is 2.85. The van der Waals surface area contributed by atoms with Gasteiger partial charge < -0.3 is 5.11 Å². The average molecular weight is 272 g/mol. The van der Waals surface area contributed by atoms with E-state index in [1.165, 1.54) is 4.52 Å². The normalized spacial score (nSPS) is 11.1. The van der Waals surface area contributed by atoms with Crippen molar-refractivity contribution in [1.29, 1.82) is 0 Å². The van der Waals surface area contributed by atoms with Gasteiger partial charge >= 0.3 is 5.97 Å². The fraction of sp³-hybridized carbons (Fsp3) is 0.250. The molecule has 20 heavy (non-hydrogen) atoms. The molecule has 0 radical (unpaired) electrons. The lowest BCUT2D eigenvalue weighted by Crippen LogP contribution is -2.02. The Morgan fingerprint density at radius 3 is 3.00 bits per heavy atom. The molecule has 0 aliphatic carbocycles. The van der Waals surface area contributed by atoms with Gasteiger partial charge in [-0.2, -0.15) is 14.6 Å². The Bertz CT molecular complexity index is 775.